The predicted octanol–water partition coefficient (Wildman–Crippen LogP) is 4.04. The molecule has 0 atom stereocenters. The van der Waals surface area contributed by atoms with Crippen LogP contribution in [0.1, 0.15) is 26.3 Å². The van der Waals surface area contributed by atoms with Gasteiger partial charge in [-0.05, 0) is 62.1 Å². The first-order valence-electron chi connectivity index (χ1n) is 10.8. The third-order valence-electron chi connectivity index (χ3n) is 5.16. The van der Waals surface area contributed by atoms with Crippen molar-refractivity contribution in [2.24, 2.45) is 0 Å². The maximum absolute atomic E-state index is 14.8. The van der Waals surface area contributed by atoms with Crippen molar-refractivity contribution in [3.63, 3.8) is 0 Å². The molecule has 184 valence electrons. The van der Waals surface area contributed by atoms with Crippen LogP contribution in [0.3, 0.4) is 0 Å². The van der Waals surface area contributed by atoms with Crippen LogP contribution in [-0.2, 0) is 6.54 Å². The van der Waals surface area contributed by atoms with E-state index in [2.05, 4.69) is 20.9 Å². The fourth-order valence-electron chi connectivity index (χ4n) is 3.30. The Balaban J connectivity index is 1.78. The zero-order chi connectivity index (χ0) is 25.4. The van der Waals surface area contributed by atoms with Gasteiger partial charge in [-0.2, -0.15) is 0 Å². The summed E-state index contributed by atoms with van der Waals surface area (Å²) in [5.74, 6) is -1.17. The van der Waals surface area contributed by atoms with E-state index < -0.39 is 17.6 Å². The number of methoxy groups -OCH3 is 1. The summed E-state index contributed by atoms with van der Waals surface area (Å²) in [6.45, 7) is 2.15. The van der Waals surface area contributed by atoms with Gasteiger partial charge in [0.15, 0.2) is 0 Å². The van der Waals surface area contributed by atoms with Crippen LogP contribution in [0.5, 0.6) is 5.75 Å². The van der Waals surface area contributed by atoms with Crippen molar-refractivity contribution in [2.45, 2.75) is 6.54 Å². The molecule has 0 aliphatic rings. The molecule has 0 aliphatic heterocycles. The highest BCUT2D eigenvalue weighted by atomic mass is 35.5. The zero-order valence-corrected chi connectivity index (χ0v) is 20.4. The van der Waals surface area contributed by atoms with Crippen molar-refractivity contribution in [3.05, 3.63) is 82.3 Å². The summed E-state index contributed by atoms with van der Waals surface area (Å²) in [6, 6.07) is 12.2. The van der Waals surface area contributed by atoms with Gasteiger partial charge in [0, 0.05) is 25.8 Å². The van der Waals surface area contributed by atoms with Crippen molar-refractivity contribution >= 4 is 34.9 Å². The van der Waals surface area contributed by atoms with E-state index >= 15 is 0 Å². The molecule has 3 aromatic rings. The summed E-state index contributed by atoms with van der Waals surface area (Å²) in [7, 11) is 5.27. The number of nitrogens with one attached hydrogen (secondary N) is 3. The molecule has 2 amide bonds. The third kappa shape index (κ3) is 7.22. The Bertz CT molecular complexity index is 1190. The van der Waals surface area contributed by atoms with Crippen LogP contribution in [-0.4, -0.2) is 56.0 Å². The quantitative estimate of drug-likeness (QED) is 0.390. The van der Waals surface area contributed by atoms with E-state index in [4.69, 9.17) is 16.3 Å². The number of hydrogen-bond donors (Lipinski definition) is 3. The maximum Gasteiger partial charge on any atom is 0.259 e. The summed E-state index contributed by atoms with van der Waals surface area (Å²) >= 11 is 5.84. The predicted molar refractivity (Wildman–Crippen MR) is 135 cm³/mol. The molecule has 1 aromatic heterocycles. The Labute approximate surface area is 208 Å². The van der Waals surface area contributed by atoms with Crippen LogP contribution in [0, 0.1) is 5.82 Å². The summed E-state index contributed by atoms with van der Waals surface area (Å²) < 4.78 is 20.0. The highest BCUT2D eigenvalue weighted by Crippen LogP contribution is 2.24. The highest BCUT2D eigenvalue weighted by molar-refractivity contribution is 6.30. The lowest BCUT2D eigenvalue weighted by atomic mass is 10.1. The first-order valence-corrected chi connectivity index (χ1v) is 11.2. The smallest absolute Gasteiger partial charge is 0.259 e. The lowest BCUT2D eigenvalue weighted by Crippen LogP contribution is -2.27. The number of nitrogens with zero attached hydrogens (tertiary/aromatic N) is 2. The lowest BCUT2D eigenvalue weighted by Gasteiger charge is -2.17. The van der Waals surface area contributed by atoms with Crippen molar-refractivity contribution in [3.8, 4) is 5.75 Å². The summed E-state index contributed by atoms with van der Waals surface area (Å²) in [6.07, 6.45) is 1.40. The molecule has 0 unspecified atom stereocenters. The van der Waals surface area contributed by atoms with Crippen molar-refractivity contribution < 1.29 is 18.7 Å². The number of likely N-dealkylation sites (N-methyl/N-ethyl adjacent to an activating group) is 2. The average Bonchev–Trinajstić information content (AvgIpc) is 2.84. The number of hydrogen-bond acceptors (Lipinski definition) is 6. The van der Waals surface area contributed by atoms with Crippen LogP contribution >= 0.6 is 11.6 Å². The molecule has 0 aliphatic carbocycles. The number of anilines is 2. The minimum atomic E-state index is -0.679. The lowest BCUT2D eigenvalue weighted by molar-refractivity contribution is 0.102. The molecule has 0 radical (unpaired) electrons. The molecule has 1 heterocycles. The van der Waals surface area contributed by atoms with E-state index in [1.54, 1.807) is 24.3 Å². The van der Waals surface area contributed by atoms with Gasteiger partial charge in [-0.3, -0.25) is 9.59 Å². The van der Waals surface area contributed by atoms with Crippen LogP contribution in [0.15, 0.2) is 54.7 Å². The van der Waals surface area contributed by atoms with Gasteiger partial charge in [0.05, 0.1) is 28.9 Å². The second-order valence-electron chi connectivity index (χ2n) is 7.84. The summed E-state index contributed by atoms with van der Waals surface area (Å²) in [5.41, 5.74) is 0.931. The van der Waals surface area contributed by atoms with E-state index in [9.17, 15) is 14.0 Å². The Morgan fingerprint density at radius 3 is 2.49 bits per heavy atom. The van der Waals surface area contributed by atoms with E-state index in [0.29, 0.717) is 17.3 Å². The molecular formula is C25H27ClFN5O3. The number of pyridine rings is 1. The Kier molecular flexibility index (Phi) is 9.13. The number of rotatable bonds is 10. The first-order chi connectivity index (χ1) is 16.8. The fraction of sp³-hybridized carbons (Fsp3) is 0.240. The minimum absolute atomic E-state index is 0.123. The number of carbonyl (C=O) groups excluding carboxylic acids is 2. The van der Waals surface area contributed by atoms with Crippen LogP contribution in [0.25, 0.3) is 0 Å². The SMILES string of the molecule is CNCCN(C)Cc1ccc(C(=O)Nc2ccc(OC)cc2C(=O)Nc2ccc(Cl)cn2)c(F)c1. The van der Waals surface area contributed by atoms with Crippen LogP contribution in [0.2, 0.25) is 5.02 Å². The number of amides is 2. The van der Waals surface area contributed by atoms with E-state index in [1.807, 2.05) is 19.0 Å². The monoisotopic (exact) mass is 499 g/mol. The van der Waals surface area contributed by atoms with Crippen molar-refractivity contribution in [1.29, 1.82) is 0 Å². The molecule has 3 N–H and O–H groups in total. The van der Waals surface area contributed by atoms with Gasteiger partial charge >= 0.3 is 0 Å². The molecule has 0 bridgehead atoms. The number of benzene rings is 2. The molecule has 0 spiro atoms. The number of halogens is 2. The summed E-state index contributed by atoms with van der Waals surface area (Å²) in [5, 5.41) is 8.76. The molecule has 10 heteroatoms. The second kappa shape index (κ2) is 12.3. The standard InChI is InChI=1S/C25H27ClFN5O3/c1-28-10-11-32(2)15-16-4-7-19(21(27)12-16)24(33)30-22-8-6-18(35-3)13-20(22)25(34)31-23-9-5-17(26)14-29-23/h4-9,12-14,28H,10-11,15H2,1-3H3,(H,30,33)(H,29,31,34). The Morgan fingerprint density at radius 1 is 1.06 bits per heavy atom. The third-order valence-corrected chi connectivity index (χ3v) is 5.39. The minimum Gasteiger partial charge on any atom is -0.497 e. The average molecular weight is 500 g/mol. The molecule has 2 aromatic carbocycles. The van der Waals surface area contributed by atoms with Gasteiger partial charge in [-0.1, -0.05) is 17.7 Å². The Hall–Kier alpha value is -3.53. The Morgan fingerprint density at radius 2 is 1.83 bits per heavy atom. The second-order valence-corrected chi connectivity index (χ2v) is 8.27. The molecule has 3 rings (SSSR count). The largest absolute Gasteiger partial charge is 0.497 e. The van der Waals surface area contributed by atoms with E-state index in [-0.39, 0.29) is 22.6 Å². The van der Waals surface area contributed by atoms with E-state index in [0.717, 1.165) is 18.7 Å². The molecular weight excluding hydrogens is 473 g/mol. The topological polar surface area (TPSA) is 95.6 Å². The van der Waals surface area contributed by atoms with Gasteiger partial charge in [-0.15, -0.1) is 0 Å². The number of ether oxygens (including phenoxy) is 1. The molecule has 0 saturated heterocycles. The van der Waals surface area contributed by atoms with E-state index in [1.165, 1.54) is 37.6 Å². The fourth-order valence-corrected chi connectivity index (χ4v) is 3.42. The van der Waals surface area contributed by atoms with Crippen molar-refractivity contribution in [2.75, 3.05) is 44.9 Å². The normalized spacial score (nSPS) is 10.8. The van der Waals surface area contributed by atoms with Crippen LogP contribution in [0.4, 0.5) is 15.9 Å². The molecule has 0 saturated carbocycles. The maximum atomic E-state index is 14.8. The molecule has 8 nitrogen and oxygen atoms in total. The van der Waals surface area contributed by atoms with Crippen LogP contribution < -0.4 is 20.7 Å². The van der Waals surface area contributed by atoms with Crippen molar-refractivity contribution in [1.82, 2.24) is 15.2 Å². The first kappa shape index (κ1) is 26.1. The zero-order valence-electron chi connectivity index (χ0n) is 19.7. The van der Waals surface area contributed by atoms with Gasteiger partial charge in [0.2, 0.25) is 0 Å². The van der Waals surface area contributed by atoms with Gasteiger partial charge in [0.1, 0.15) is 17.4 Å². The van der Waals surface area contributed by atoms with Gasteiger partial charge in [-0.25, -0.2) is 9.37 Å². The molecule has 35 heavy (non-hydrogen) atoms. The highest BCUT2D eigenvalue weighted by Gasteiger charge is 2.19. The summed E-state index contributed by atoms with van der Waals surface area (Å²) in [4.78, 5) is 31.9. The molecule has 0 fully saturated rings. The van der Waals surface area contributed by atoms with Gasteiger partial charge in [0.25, 0.3) is 11.8 Å². The van der Waals surface area contributed by atoms with Gasteiger partial charge < -0.3 is 25.6 Å². The number of carbonyl (C=O) groups is 2. The number of aromatic nitrogens is 1.